The summed E-state index contributed by atoms with van der Waals surface area (Å²) in [7, 11) is 0. The van der Waals surface area contributed by atoms with Crippen molar-refractivity contribution in [1.29, 1.82) is 0 Å². The van der Waals surface area contributed by atoms with Crippen molar-refractivity contribution in [3.8, 4) is 17.2 Å². The lowest BCUT2D eigenvalue weighted by molar-refractivity contribution is -0.118. The van der Waals surface area contributed by atoms with Gasteiger partial charge in [-0.2, -0.15) is 0 Å². The Hall–Kier alpha value is -2.42. The average Bonchev–Trinajstić information content (AvgIpc) is 3.51. The summed E-state index contributed by atoms with van der Waals surface area (Å²) in [6.07, 6.45) is 2.73. The number of carbonyl (C=O) groups is 2. The van der Waals surface area contributed by atoms with Crippen LogP contribution in [0.2, 0.25) is 0 Å². The van der Waals surface area contributed by atoms with E-state index in [1.165, 1.54) is 0 Å². The third-order valence-electron chi connectivity index (χ3n) is 8.28. The van der Waals surface area contributed by atoms with Crippen LogP contribution in [0.4, 0.5) is 4.79 Å². The third kappa shape index (κ3) is 5.36. The summed E-state index contributed by atoms with van der Waals surface area (Å²) in [5, 5.41) is 12.5. The van der Waals surface area contributed by atoms with E-state index < -0.39 is 0 Å². The Labute approximate surface area is 235 Å². The van der Waals surface area contributed by atoms with Crippen molar-refractivity contribution in [3.63, 3.8) is 0 Å². The molecule has 3 aliphatic rings. The summed E-state index contributed by atoms with van der Waals surface area (Å²) in [6, 6.07) is 8.12. The van der Waals surface area contributed by atoms with Crippen molar-refractivity contribution in [2.24, 2.45) is 0 Å². The molecule has 0 radical (unpaired) electrons. The summed E-state index contributed by atoms with van der Waals surface area (Å²) in [5.41, 5.74) is 4.63. The molecule has 0 aromatic heterocycles. The number of aromatic hydroxyl groups is 1. The van der Waals surface area contributed by atoms with Gasteiger partial charge in [0.25, 0.3) is 5.24 Å². The Morgan fingerprint density at radius 3 is 2.50 bits per heavy atom. The molecule has 2 aromatic rings. The summed E-state index contributed by atoms with van der Waals surface area (Å²) in [6.45, 7) is 12.8. The highest BCUT2D eigenvalue weighted by Crippen LogP contribution is 2.52. The minimum Gasteiger partial charge on any atom is -0.507 e. The van der Waals surface area contributed by atoms with E-state index in [9.17, 15) is 14.7 Å². The monoisotopic (exact) mass is 560 g/mol. The Morgan fingerprint density at radius 2 is 1.84 bits per heavy atom. The van der Waals surface area contributed by atoms with Gasteiger partial charge in [0.1, 0.15) is 29.5 Å². The van der Waals surface area contributed by atoms with Crippen molar-refractivity contribution >= 4 is 35.3 Å². The lowest BCUT2D eigenvalue weighted by atomic mass is 9.82. The predicted molar refractivity (Wildman–Crippen MR) is 152 cm³/mol. The van der Waals surface area contributed by atoms with Gasteiger partial charge in [-0.3, -0.25) is 19.8 Å². The lowest BCUT2D eigenvalue weighted by Crippen LogP contribution is -2.42. The normalized spacial score (nSPS) is 24.1. The number of phenolic OH excluding ortho intramolecular Hbond substituents is 1. The Kier molecular flexibility index (Phi) is 8.26. The van der Waals surface area contributed by atoms with Crippen LogP contribution in [-0.4, -0.2) is 57.7 Å². The highest BCUT2D eigenvalue weighted by atomic mass is 35.5. The molecule has 0 aliphatic carbocycles. The number of phenols is 1. The molecule has 2 aromatic carbocycles. The van der Waals surface area contributed by atoms with Crippen LogP contribution in [0.15, 0.2) is 24.3 Å². The molecular formula is C29H37ClN2O5S. The van der Waals surface area contributed by atoms with Gasteiger partial charge in [-0.05, 0) is 94.8 Å². The maximum Gasteiger partial charge on any atom is 0.286 e. The van der Waals surface area contributed by atoms with Gasteiger partial charge in [-0.15, -0.1) is 12.4 Å². The van der Waals surface area contributed by atoms with Crippen LogP contribution < -0.4 is 14.8 Å². The van der Waals surface area contributed by atoms with Crippen LogP contribution in [0.1, 0.15) is 60.4 Å². The van der Waals surface area contributed by atoms with E-state index in [1.54, 1.807) is 0 Å². The Balaban J connectivity index is 0.00000336. The second-order valence-electron chi connectivity index (χ2n) is 11.1. The predicted octanol–water partition coefficient (Wildman–Crippen LogP) is 5.43. The maximum atomic E-state index is 11.8. The number of rotatable bonds is 7. The quantitative estimate of drug-likeness (QED) is 0.467. The minimum atomic E-state index is -0.362. The van der Waals surface area contributed by atoms with Crippen LogP contribution in [0.25, 0.3) is 0 Å². The maximum absolute atomic E-state index is 11.8. The molecule has 2 saturated heterocycles. The Morgan fingerprint density at radius 1 is 1.13 bits per heavy atom. The highest BCUT2D eigenvalue weighted by molar-refractivity contribution is 8.15. The molecule has 0 bridgehead atoms. The number of hydrogen-bond acceptors (Lipinski definition) is 7. The van der Waals surface area contributed by atoms with Crippen LogP contribution >= 0.6 is 24.2 Å². The van der Waals surface area contributed by atoms with Gasteiger partial charge in [-0.25, -0.2) is 0 Å². The first-order valence-corrected chi connectivity index (χ1v) is 13.9. The van der Waals surface area contributed by atoms with Gasteiger partial charge in [0.05, 0.1) is 5.25 Å². The zero-order chi connectivity index (χ0) is 26.5. The van der Waals surface area contributed by atoms with Crippen molar-refractivity contribution in [2.75, 3.05) is 19.7 Å². The molecule has 2 unspecified atom stereocenters. The molecule has 2 N–H and O–H groups in total. The summed E-state index contributed by atoms with van der Waals surface area (Å²) in [5.74, 6) is 2.06. The average molecular weight is 561 g/mol. The van der Waals surface area contributed by atoms with Gasteiger partial charge in [0.2, 0.25) is 5.91 Å². The second kappa shape index (κ2) is 11.0. The number of hydrogen-bond donors (Lipinski definition) is 2. The standard InChI is InChI=1S/C29H36N2O5S.ClH/c1-16-17(2)26-24(18(3)25(16)32)22(29(4,5)36-26)14-31-12-6-7-20(31)15-35-21-10-8-19(9-11-21)13-23-27(33)30-28(34)37-23;/h8-11,20,22-23,32H,6-7,12-15H2,1-5H3,(H,30,33,34);1H/t20-,22?,23?;/m0./s1. The molecule has 5 rings (SSSR count). The molecule has 0 spiro atoms. The first-order valence-electron chi connectivity index (χ1n) is 13.0. The van der Waals surface area contributed by atoms with Gasteiger partial charge >= 0.3 is 0 Å². The number of nitrogens with zero attached hydrogens (tertiary/aromatic N) is 1. The highest BCUT2D eigenvalue weighted by Gasteiger charge is 2.46. The second-order valence-corrected chi connectivity index (χ2v) is 12.2. The molecule has 9 heteroatoms. The van der Waals surface area contributed by atoms with Crippen LogP contribution in [0.3, 0.4) is 0 Å². The third-order valence-corrected chi connectivity index (χ3v) is 9.27. The van der Waals surface area contributed by atoms with Crippen LogP contribution in [-0.2, 0) is 11.2 Å². The first kappa shape index (κ1) is 28.6. The molecular weight excluding hydrogens is 524 g/mol. The number of thioether (sulfide) groups is 1. The zero-order valence-electron chi connectivity index (χ0n) is 22.6. The number of halogens is 1. The van der Waals surface area contributed by atoms with E-state index in [2.05, 4.69) is 24.1 Å². The molecule has 3 atom stereocenters. The van der Waals surface area contributed by atoms with E-state index in [1.807, 2.05) is 45.0 Å². The molecule has 2 amide bonds. The molecule has 7 nitrogen and oxygen atoms in total. The summed E-state index contributed by atoms with van der Waals surface area (Å²) in [4.78, 5) is 25.7. The Bertz CT molecular complexity index is 1230. The van der Waals surface area contributed by atoms with Crippen molar-refractivity contribution in [3.05, 3.63) is 52.1 Å². The topological polar surface area (TPSA) is 88.1 Å². The summed E-state index contributed by atoms with van der Waals surface area (Å²) < 4.78 is 12.7. The molecule has 3 aliphatic heterocycles. The van der Waals surface area contributed by atoms with E-state index >= 15 is 0 Å². The lowest BCUT2D eigenvalue weighted by Gasteiger charge is -2.33. The van der Waals surface area contributed by atoms with Crippen LogP contribution in [0.5, 0.6) is 17.2 Å². The number of amides is 2. The number of benzene rings is 2. The van der Waals surface area contributed by atoms with Gasteiger partial charge in [0.15, 0.2) is 0 Å². The summed E-state index contributed by atoms with van der Waals surface area (Å²) >= 11 is 1.05. The molecule has 206 valence electrons. The van der Waals surface area contributed by atoms with E-state index in [4.69, 9.17) is 9.47 Å². The fraction of sp³-hybridized carbons (Fsp3) is 0.517. The van der Waals surface area contributed by atoms with E-state index in [0.29, 0.717) is 24.8 Å². The molecule has 3 heterocycles. The van der Waals surface area contributed by atoms with Gasteiger partial charge in [-0.1, -0.05) is 23.9 Å². The number of carbonyl (C=O) groups excluding carboxylic acids is 2. The zero-order valence-corrected chi connectivity index (χ0v) is 24.3. The van der Waals surface area contributed by atoms with Gasteiger partial charge in [0, 0.05) is 24.1 Å². The first-order chi connectivity index (χ1) is 17.5. The van der Waals surface area contributed by atoms with Gasteiger partial charge < -0.3 is 14.6 Å². The van der Waals surface area contributed by atoms with E-state index in [0.717, 1.165) is 77.0 Å². The number of nitrogens with one attached hydrogen (secondary N) is 1. The minimum absolute atomic E-state index is 0. The number of ether oxygens (including phenoxy) is 2. The SMILES string of the molecule is Cc1c(C)c2c(c(C)c1O)C(CN1CCC[C@H]1COc1ccc(CC3SC(=O)NC3=O)cc1)C(C)(C)O2.Cl. The largest absolute Gasteiger partial charge is 0.507 e. The van der Waals surface area contributed by atoms with Crippen molar-refractivity contribution < 1.29 is 24.2 Å². The molecule has 0 saturated carbocycles. The fourth-order valence-corrected chi connectivity index (χ4v) is 6.75. The van der Waals surface area contributed by atoms with Crippen LogP contribution in [0, 0.1) is 20.8 Å². The van der Waals surface area contributed by atoms with Crippen molar-refractivity contribution in [1.82, 2.24) is 10.2 Å². The smallest absolute Gasteiger partial charge is 0.286 e. The van der Waals surface area contributed by atoms with Crippen molar-refractivity contribution in [2.45, 2.75) is 76.7 Å². The molecule has 2 fully saturated rings. The molecule has 38 heavy (non-hydrogen) atoms. The van der Waals surface area contributed by atoms with E-state index in [-0.39, 0.29) is 40.3 Å². The number of likely N-dealkylation sites (tertiary alicyclic amines) is 1. The number of imide groups is 1. The number of fused-ring (bicyclic) bond motifs is 1. The fourth-order valence-electron chi connectivity index (χ4n) is 5.89.